The van der Waals surface area contributed by atoms with Crippen molar-refractivity contribution < 1.29 is 23.1 Å². The molecular weight excluding hydrogens is 279 g/mol. The molecule has 1 unspecified atom stereocenters. The highest BCUT2D eigenvalue weighted by molar-refractivity contribution is 7.09. The van der Waals surface area contributed by atoms with Gasteiger partial charge in [-0.25, -0.2) is 0 Å². The number of nitrogens with zero attached hydrogens (tertiary/aromatic N) is 1. The molecule has 0 saturated carbocycles. The SMILES string of the molecule is O=C(O)C1(C(F)(F)F)CCN(CCc2cccs2)C1. The fourth-order valence-electron chi connectivity index (χ4n) is 2.33. The summed E-state index contributed by atoms with van der Waals surface area (Å²) in [5.74, 6) is -1.77. The second kappa shape index (κ2) is 5.13. The molecule has 0 aliphatic carbocycles. The second-order valence-electron chi connectivity index (χ2n) is 4.74. The first-order chi connectivity index (χ1) is 8.85. The molecule has 7 heteroatoms. The van der Waals surface area contributed by atoms with E-state index in [0.29, 0.717) is 13.0 Å². The van der Waals surface area contributed by atoms with Gasteiger partial charge in [-0.15, -0.1) is 11.3 Å². The lowest BCUT2D eigenvalue weighted by Crippen LogP contribution is -2.47. The van der Waals surface area contributed by atoms with E-state index in [0.717, 1.165) is 4.88 Å². The molecule has 3 nitrogen and oxygen atoms in total. The second-order valence-corrected chi connectivity index (χ2v) is 5.77. The number of likely N-dealkylation sites (tertiary alicyclic amines) is 1. The van der Waals surface area contributed by atoms with Crippen LogP contribution < -0.4 is 0 Å². The van der Waals surface area contributed by atoms with E-state index in [2.05, 4.69) is 0 Å². The maximum Gasteiger partial charge on any atom is 0.406 e. The number of rotatable bonds is 4. The Morgan fingerprint density at radius 1 is 1.53 bits per heavy atom. The van der Waals surface area contributed by atoms with Crippen LogP contribution in [0.25, 0.3) is 0 Å². The first kappa shape index (κ1) is 14.3. The van der Waals surface area contributed by atoms with Crippen LogP contribution in [-0.4, -0.2) is 41.8 Å². The highest BCUT2D eigenvalue weighted by atomic mass is 32.1. The van der Waals surface area contributed by atoms with Crippen molar-refractivity contribution in [2.75, 3.05) is 19.6 Å². The number of alkyl halides is 3. The summed E-state index contributed by atoms with van der Waals surface area (Å²) in [5.41, 5.74) is -2.59. The average Bonchev–Trinajstić information content (AvgIpc) is 2.95. The third kappa shape index (κ3) is 2.76. The van der Waals surface area contributed by atoms with Crippen molar-refractivity contribution in [3.8, 4) is 0 Å². The molecule has 1 aliphatic heterocycles. The number of hydrogen-bond donors (Lipinski definition) is 1. The third-order valence-electron chi connectivity index (χ3n) is 3.55. The molecular formula is C12H14F3NO2S. The van der Waals surface area contributed by atoms with E-state index in [4.69, 9.17) is 5.11 Å². The molecule has 1 atom stereocenters. The molecule has 1 aliphatic rings. The van der Waals surface area contributed by atoms with Crippen molar-refractivity contribution in [1.29, 1.82) is 0 Å². The van der Waals surface area contributed by atoms with Crippen LogP contribution in [0, 0.1) is 5.41 Å². The van der Waals surface area contributed by atoms with Gasteiger partial charge >= 0.3 is 12.1 Å². The van der Waals surface area contributed by atoms with E-state index in [1.165, 1.54) is 0 Å². The van der Waals surface area contributed by atoms with Crippen molar-refractivity contribution in [3.63, 3.8) is 0 Å². The van der Waals surface area contributed by atoms with E-state index < -0.39 is 24.1 Å². The zero-order valence-corrected chi connectivity index (χ0v) is 10.9. The number of halogens is 3. The van der Waals surface area contributed by atoms with Crippen LogP contribution in [-0.2, 0) is 11.2 Å². The highest BCUT2D eigenvalue weighted by Gasteiger charge is 2.63. The first-order valence-corrected chi connectivity index (χ1v) is 6.78. The van der Waals surface area contributed by atoms with E-state index in [1.807, 2.05) is 17.5 Å². The maximum atomic E-state index is 12.9. The Balaban J connectivity index is 1.99. The monoisotopic (exact) mass is 293 g/mol. The third-order valence-corrected chi connectivity index (χ3v) is 4.49. The van der Waals surface area contributed by atoms with Crippen LogP contribution in [0.5, 0.6) is 0 Å². The molecule has 106 valence electrons. The lowest BCUT2D eigenvalue weighted by molar-refractivity contribution is -0.227. The number of aliphatic carboxylic acids is 1. The van der Waals surface area contributed by atoms with Crippen LogP contribution in [0.3, 0.4) is 0 Å². The molecule has 1 N–H and O–H groups in total. The topological polar surface area (TPSA) is 40.5 Å². The van der Waals surface area contributed by atoms with E-state index >= 15 is 0 Å². The number of carbonyl (C=O) groups is 1. The van der Waals surface area contributed by atoms with E-state index in [-0.39, 0.29) is 13.0 Å². The van der Waals surface area contributed by atoms with Gasteiger partial charge in [-0.1, -0.05) is 6.07 Å². The summed E-state index contributed by atoms with van der Waals surface area (Å²) in [6, 6.07) is 3.82. The number of carboxylic acid groups (broad SMARTS) is 1. The van der Waals surface area contributed by atoms with Crippen LogP contribution in [0.4, 0.5) is 13.2 Å². The normalized spacial score (nSPS) is 24.8. The smallest absolute Gasteiger partial charge is 0.406 e. The van der Waals surface area contributed by atoms with Gasteiger partial charge in [0.25, 0.3) is 0 Å². The molecule has 0 bridgehead atoms. The lowest BCUT2D eigenvalue weighted by Gasteiger charge is -2.27. The minimum Gasteiger partial charge on any atom is -0.481 e. The summed E-state index contributed by atoms with van der Waals surface area (Å²) in [6.45, 7) is 0.194. The average molecular weight is 293 g/mol. The zero-order chi connectivity index (χ0) is 14.1. The maximum absolute atomic E-state index is 12.9. The zero-order valence-electron chi connectivity index (χ0n) is 10.1. The quantitative estimate of drug-likeness (QED) is 0.927. The summed E-state index contributed by atoms with van der Waals surface area (Å²) < 4.78 is 38.8. The Morgan fingerprint density at radius 3 is 2.74 bits per heavy atom. The Bertz CT molecular complexity index is 446. The van der Waals surface area contributed by atoms with Crippen LogP contribution >= 0.6 is 11.3 Å². The molecule has 1 aromatic rings. The number of thiophene rings is 1. The van der Waals surface area contributed by atoms with Crippen molar-refractivity contribution in [2.24, 2.45) is 5.41 Å². The molecule has 0 aromatic carbocycles. The minimum absolute atomic E-state index is 0.178. The van der Waals surface area contributed by atoms with Crippen LogP contribution in [0.15, 0.2) is 17.5 Å². The first-order valence-electron chi connectivity index (χ1n) is 5.90. The Labute approximate surface area is 112 Å². The number of hydrogen-bond acceptors (Lipinski definition) is 3. The molecule has 19 heavy (non-hydrogen) atoms. The Morgan fingerprint density at radius 2 is 2.26 bits per heavy atom. The molecule has 0 radical (unpaired) electrons. The van der Waals surface area contributed by atoms with Gasteiger partial charge < -0.3 is 10.0 Å². The van der Waals surface area contributed by atoms with E-state index in [9.17, 15) is 18.0 Å². The standard InChI is InChI=1S/C12H14F3NO2S/c13-12(14,15)11(10(17)18)4-6-16(8-11)5-3-9-2-1-7-19-9/h1-2,7H,3-6,8H2,(H,17,18). The molecule has 1 saturated heterocycles. The molecule has 0 spiro atoms. The summed E-state index contributed by atoms with van der Waals surface area (Å²) in [7, 11) is 0. The van der Waals surface area contributed by atoms with Crippen LogP contribution in [0.2, 0.25) is 0 Å². The lowest BCUT2D eigenvalue weighted by atomic mass is 9.86. The highest BCUT2D eigenvalue weighted by Crippen LogP contribution is 2.45. The van der Waals surface area contributed by atoms with Gasteiger partial charge in [0.2, 0.25) is 0 Å². The molecule has 2 rings (SSSR count). The van der Waals surface area contributed by atoms with Crippen LogP contribution in [0.1, 0.15) is 11.3 Å². The van der Waals surface area contributed by atoms with Gasteiger partial charge in [-0.2, -0.15) is 13.2 Å². The Hall–Kier alpha value is -1.08. The van der Waals surface area contributed by atoms with Crippen molar-refractivity contribution >= 4 is 17.3 Å². The van der Waals surface area contributed by atoms with Gasteiger partial charge in [-0.05, 0) is 30.8 Å². The fraction of sp³-hybridized carbons (Fsp3) is 0.583. The molecule has 2 heterocycles. The van der Waals surface area contributed by atoms with Crippen molar-refractivity contribution in [1.82, 2.24) is 4.90 Å². The van der Waals surface area contributed by atoms with E-state index in [1.54, 1.807) is 16.2 Å². The van der Waals surface area contributed by atoms with Gasteiger partial charge in [0.05, 0.1) is 0 Å². The largest absolute Gasteiger partial charge is 0.481 e. The van der Waals surface area contributed by atoms with Gasteiger partial charge in [0, 0.05) is 18.0 Å². The minimum atomic E-state index is -4.70. The molecule has 1 fully saturated rings. The molecule has 1 aromatic heterocycles. The van der Waals surface area contributed by atoms with Crippen molar-refractivity contribution in [3.05, 3.63) is 22.4 Å². The van der Waals surface area contributed by atoms with Gasteiger partial charge in [-0.3, -0.25) is 4.79 Å². The predicted octanol–water partition coefficient (Wildman–Crippen LogP) is 2.63. The number of carboxylic acids is 1. The summed E-state index contributed by atoms with van der Waals surface area (Å²) in [6.07, 6.45) is -4.40. The summed E-state index contributed by atoms with van der Waals surface area (Å²) in [5, 5.41) is 10.8. The van der Waals surface area contributed by atoms with Gasteiger partial charge in [0.1, 0.15) is 0 Å². The van der Waals surface area contributed by atoms with Crippen molar-refractivity contribution in [2.45, 2.75) is 19.0 Å². The summed E-state index contributed by atoms with van der Waals surface area (Å²) in [4.78, 5) is 13.7. The molecule has 0 amide bonds. The predicted molar refractivity (Wildman–Crippen MR) is 65.2 cm³/mol. The fourth-order valence-corrected chi connectivity index (χ4v) is 3.03. The summed E-state index contributed by atoms with van der Waals surface area (Å²) >= 11 is 1.55. The van der Waals surface area contributed by atoms with Gasteiger partial charge in [0.15, 0.2) is 5.41 Å². The Kier molecular flexibility index (Phi) is 3.87.